The van der Waals surface area contributed by atoms with Crippen molar-refractivity contribution < 1.29 is 32.0 Å². The number of carbonyl (C=O) groups excluding carboxylic acids is 1. The zero-order valence-electron chi connectivity index (χ0n) is 19.6. The molecule has 2 aliphatic carbocycles. The highest BCUT2D eigenvalue weighted by Crippen LogP contribution is 2.63. The van der Waals surface area contributed by atoms with Gasteiger partial charge in [0, 0.05) is 16.9 Å². The average Bonchev–Trinajstić information content (AvgIpc) is 3.00. The van der Waals surface area contributed by atoms with Gasteiger partial charge in [-0.3, -0.25) is 4.55 Å². The third kappa shape index (κ3) is 4.19. The Morgan fingerprint density at radius 1 is 1.19 bits per heavy atom. The van der Waals surface area contributed by atoms with E-state index in [4.69, 9.17) is 14.2 Å². The van der Waals surface area contributed by atoms with Gasteiger partial charge in [0.2, 0.25) is 0 Å². The molecular weight excluding hydrogens is 432 g/mol. The summed E-state index contributed by atoms with van der Waals surface area (Å²) < 4.78 is 49.6. The molecule has 2 aliphatic heterocycles. The van der Waals surface area contributed by atoms with Crippen LogP contribution in [0.25, 0.3) is 0 Å². The maximum atomic E-state index is 12.3. The van der Waals surface area contributed by atoms with Crippen molar-refractivity contribution in [1.29, 1.82) is 0 Å². The van der Waals surface area contributed by atoms with Gasteiger partial charge in [-0.2, -0.15) is 8.42 Å². The van der Waals surface area contributed by atoms with E-state index in [-0.39, 0.29) is 29.5 Å². The Morgan fingerprint density at radius 3 is 2.59 bits per heavy atom. The van der Waals surface area contributed by atoms with Crippen LogP contribution >= 0.6 is 0 Å². The SMILES string of the molecule is C=C1CCC2C3(C)COC(C)(C)OC3CCC2(C)C1C/C=C1\C(=O)OCC1CS(=O)(=O)O. The highest BCUT2D eigenvalue weighted by atomic mass is 32.2. The maximum Gasteiger partial charge on any atom is 0.334 e. The lowest BCUT2D eigenvalue weighted by Gasteiger charge is -2.63. The van der Waals surface area contributed by atoms with Crippen molar-refractivity contribution in [3.05, 3.63) is 23.8 Å². The number of hydrogen-bond donors (Lipinski definition) is 1. The Hall–Kier alpha value is -1.22. The second kappa shape index (κ2) is 7.93. The van der Waals surface area contributed by atoms with E-state index in [0.717, 1.165) is 25.7 Å². The first kappa shape index (κ1) is 23.9. The molecule has 0 aromatic carbocycles. The molecule has 0 aromatic heterocycles. The van der Waals surface area contributed by atoms with Crippen LogP contribution in [0.3, 0.4) is 0 Å². The van der Waals surface area contributed by atoms with Crippen LogP contribution in [-0.2, 0) is 29.1 Å². The number of fused-ring (bicyclic) bond motifs is 3. The number of rotatable bonds is 4. The Balaban J connectivity index is 1.59. The summed E-state index contributed by atoms with van der Waals surface area (Å²) in [5.41, 5.74) is 1.42. The first-order valence-corrected chi connectivity index (χ1v) is 13.2. The highest BCUT2D eigenvalue weighted by Gasteiger charge is 2.60. The van der Waals surface area contributed by atoms with Gasteiger partial charge in [0.1, 0.15) is 0 Å². The van der Waals surface area contributed by atoms with Gasteiger partial charge in [-0.05, 0) is 63.2 Å². The fourth-order valence-corrected chi connectivity index (χ4v) is 7.69. The van der Waals surface area contributed by atoms with E-state index in [1.807, 2.05) is 19.9 Å². The van der Waals surface area contributed by atoms with Crippen LogP contribution in [-0.4, -0.2) is 49.8 Å². The molecule has 7 nitrogen and oxygen atoms in total. The molecule has 4 rings (SSSR count). The van der Waals surface area contributed by atoms with Crippen LogP contribution in [0.5, 0.6) is 0 Å². The minimum atomic E-state index is -4.20. The van der Waals surface area contributed by atoms with Gasteiger partial charge in [-0.25, -0.2) is 4.79 Å². The Bertz CT molecular complexity index is 936. The van der Waals surface area contributed by atoms with Gasteiger partial charge in [0.15, 0.2) is 5.79 Å². The fourth-order valence-electron chi connectivity index (χ4n) is 6.90. The van der Waals surface area contributed by atoms with Gasteiger partial charge >= 0.3 is 5.97 Å². The van der Waals surface area contributed by atoms with Crippen molar-refractivity contribution >= 4 is 16.1 Å². The van der Waals surface area contributed by atoms with Crippen LogP contribution in [0.15, 0.2) is 23.8 Å². The molecule has 0 spiro atoms. The normalized spacial score (nSPS) is 43.0. The summed E-state index contributed by atoms with van der Waals surface area (Å²) in [6.45, 7) is 13.6. The van der Waals surface area contributed by atoms with E-state index in [1.54, 1.807) is 0 Å². The molecule has 6 unspecified atom stereocenters. The predicted octanol–water partition coefficient (Wildman–Crippen LogP) is 3.90. The first-order valence-electron chi connectivity index (χ1n) is 11.6. The smallest absolute Gasteiger partial charge is 0.334 e. The van der Waals surface area contributed by atoms with Gasteiger partial charge in [-0.1, -0.05) is 32.1 Å². The van der Waals surface area contributed by atoms with Crippen LogP contribution in [0.2, 0.25) is 0 Å². The maximum absolute atomic E-state index is 12.3. The topological polar surface area (TPSA) is 99.1 Å². The summed E-state index contributed by atoms with van der Waals surface area (Å²) in [6.07, 6.45) is 6.49. The minimum absolute atomic E-state index is 0.0137. The van der Waals surface area contributed by atoms with Crippen molar-refractivity contribution in [2.45, 2.75) is 71.7 Å². The third-order valence-corrected chi connectivity index (χ3v) is 9.37. The molecule has 32 heavy (non-hydrogen) atoms. The number of carbonyl (C=O) groups is 1. The van der Waals surface area contributed by atoms with Crippen molar-refractivity contribution in [3.63, 3.8) is 0 Å². The van der Waals surface area contributed by atoms with Gasteiger partial charge < -0.3 is 14.2 Å². The molecule has 0 bridgehead atoms. The fraction of sp³-hybridized carbons (Fsp3) is 0.792. The summed E-state index contributed by atoms with van der Waals surface area (Å²) >= 11 is 0. The largest absolute Gasteiger partial charge is 0.462 e. The molecular formula is C24H36O7S. The van der Waals surface area contributed by atoms with Crippen LogP contribution in [0.1, 0.15) is 59.8 Å². The first-order chi connectivity index (χ1) is 14.8. The van der Waals surface area contributed by atoms with Gasteiger partial charge in [0.05, 0.1) is 25.1 Å². The predicted molar refractivity (Wildman–Crippen MR) is 119 cm³/mol. The second-order valence-corrected chi connectivity index (χ2v) is 12.6. The van der Waals surface area contributed by atoms with Crippen molar-refractivity contribution in [1.82, 2.24) is 0 Å². The third-order valence-electron chi connectivity index (χ3n) is 8.55. The lowest BCUT2D eigenvalue weighted by molar-refractivity contribution is -0.344. The Labute approximate surface area is 191 Å². The van der Waals surface area contributed by atoms with Gasteiger partial charge in [-0.15, -0.1) is 0 Å². The molecule has 6 atom stereocenters. The van der Waals surface area contributed by atoms with Crippen molar-refractivity contribution in [2.24, 2.45) is 28.6 Å². The van der Waals surface area contributed by atoms with E-state index >= 15 is 0 Å². The zero-order valence-corrected chi connectivity index (χ0v) is 20.4. The molecule has 180 valence electrons. The van der Waals surface area contributed by atoms with Crippen LogP contribution in [0, 0.1) is 28.6 Å². The van der Waals surface area contributed by atoms with E-state index in [9.17, 15) is 17.8 Å². The van der Waals surface area contributed by atoms with E-state index in [1.165, 1.54) is 5.57 Å². The molecule has 1 N–H and O–H groups in total. The monoisotopic (exact) mass is 468 g/mol. The quantitative estimate of drug-likeness (QED) is 0.289. The summed E-state index contributed by atoms with van der Waals surface area (Å²) in [5.74, 6) is -1.63. The molecule has 2 saturated heterocycles. The highest BCUT2D eigenvalue weighted by molar-refractivity contribution is 7.85. The van der Waals surface area contributed by atoms with Crippen molar-refractivity contribution in [2.75, 3.05) is 19.0 Å². The summed E-state index contributed by atoms with van der Waals surface area (Å²) in [4.78, 5) is 12.3. The summed E-state index contributed by atoms with van der Waals surface area (Å²) in [6, 6.07) is 0. The van der Waals surface area contributed by atoms with Gasteiger partial charge in [0.25, 0.3) is 10.1 Å². The molecule has 4 aliphatic rings. The van der Waals surface area contributed by atoms with Crippen LogP contribution in [0.4, 0.5) is 0 Å². The summed E-state index contributed by atoms with van der Waals surface area (Å²) in [7, 11) is -4.20. The average molecular weight is 469 g/mol. The molecule has 0 radical (unpaired) electrons. The van der Waals surface area contributed by atoms with Crippen molar-refractivity contribution in [3.8, 4) is 0 Å². The lowest BCUT2D eigenvalue weighted by atomic mass is 9.46. The molecule has 4 fully saturated rings. The second-order valence-electron chi connectivity index (χ2n) is 11.1. The number of esters is 1. The molecule has 0 aromatic rings. The Kier molecular flexibility index (Phi) is 5.93. The number of allylic oxidation sites excluding steroid dienone is 2. The molecule has 0 amide bonds. The number of ether oxygens (including phenoxy) is 3. The Morgan fingerprint density at radius 2 is 1.91 bits per heavy atom. The number of hydrogen-bond acceptors (Lipinski definition) is 6. The standard InChI is InChI=1S/C24H36O7S/c1-15-6-9-19-23(4,11-10-20-24(19,5)14-30-22(2,3)31-20)18(15)8-7-17-16(12-29-21(17)25)13-32(26,27)28/h7,16,18-20H,1,6,8-14H2,2-5H3,(H,26,27,28)/b17-7-. The molecule has 8 heteroatoms. The molecule has 2 saturated carbocycles. The lowest BCUT2D eigenvalue weighted by Crippen LogP contribution is -2.62. The zero-order chi connectivity index (χ0) is 23.5. The summed E-state index contributed by atoms with van der Waals surface area (Å²) in [5, 5.41) is 0. The molecule has 2 heterocycles. The minimum Gasteiger partial charge on any atom is -0.462 e. The van der Waals surface area contributed by atoms with E-state index in [0.29, 0.717) is 24.5 Å². The van der Waals surface area contributed by atoms with E-state index < -0.39 is 33.5 Å². The number of cyclic esters (lactones) is 1. The van der Waals surface area contributed by atoms with Crippen LogP contribution < -0.4 is 0 Å². The van der Waals surface area contributed by atoms with E-state index in [2.05, 4.69) is 20.4 Å².